The topological polar surface area (TPSA) is 44.8 Å². The molecule has 2 aromatic rings. The fourth-order valence-corrected chi connectivity index (χ4v) is 3.54. The number of carbonyl (C=O) groups excluding carboxylic acids is 1. The summed E-state index contributed by atoms with van der Waals surface area (Å²) in [5.41, 5.74) is 2.26. The zero-order valence-electron chi connectivity index (χ0n) is 16.4. The van der Waals surface area contributed by atoms with Crippen LogP contribution in [0.2, 0.25) is 0 Å². The number of hydrogen-bond acceptors (Lipinski definition) is 4. The molecule has 27 heavy (non-hydrogen) atoms. The molecule has 1 N–H and O–H groups in total. The number of anilines is 1. The molecule has 0 spiro atoms. The highest BCUT2D eigenvalue weighted by Crippen LogP contribution is 2.32. The van der Waals surface area contributed by atoms with E-state index < -0.39 is 0 Å². The van der Waals surface area contributed by atoms with Crippen molar-refractivity contribution in [3.63, 3.8) is 0 Å². The SMILES string of the molecule is CCN1CC(CN(C)CC(=O)NC(C)c2ccccc2)Oc2ccccc21. The van der Waals surface area contributed by atoms with E-state index in [2.05, 4.69) is 23.2 Å². The van der Waals surface area contributed by atoms with Crippen molar-refractivity contribution in [2.75, 3.05) is 38.1 Å². The molecule has 0 aromatic heterocycles. The maximum atomic E-state index is 12.4. The van der Waals surface area contributed by atoms with Gasteiger partial charge in [0.2, 0.25) is 5.91 Å². The number of fused-ring (bicyclic) bond motifs is 1. The zero-order valence-corrected chi connectivity index (χ0v) is 16.4. The van der Waals surface area contributed by atoms with Crippen LogP contribution in [0.4, 0.5) is 5.69 Å². The molecule has 0 aliphatic carbocycles. The summed E-state index contributed by atoms with van der Waals surface area (Å²) in [6, 6.07) is 18.2. The number of likely N-dealkylation sites (N-methyl/N-ethyl adjacent to an activating group) is 2. The molecule has 5 nitrogen and oxygen atoms in total. The Balaban J connectivity index is 1.52. The van der Waals surface area contributed by atoms with E-state index in [4.69, 9.17) is 4.74 Å². The Labute approximate surface area is 161 Å². The highest BCUT2D eigenvalue weighted by Gasteiger charge is 2.26. The molecule has 0 bridgehead atoms. The van der Waals surface area contributed by atoms with Gasteiger partial charge in [-0.2, -0.15) is 0 Å². The van der Waals surface area contributed by atoms with E-state index in [1.165, 1.54) is 0 Å². The fourth-order valence-electron chi connectivity index (χ4n) is 3.54. The van der Waals surface area contributed by atoms with E-state index in [0.29, 0.717) is 13.1 Å². The van der Waals surface area contributed by atoms with Crippen LogP contribution in [-0.4, -0.2) is 50.1 Å². The average molecular weight is 367 g/mol. The van der Waals surface area contributed by atoms with Gasteiger partial charge in [-0.1, -0.05) is 42.5 Å². The second-order valence-electron chi connectivity index (χ2n) is 7.14. The lowest BCUT2D eigenvalue weighted by Crippen LogP contribution is -2.47. The lowest BCUT2D eigenvalue weighted by atomic mass is 10.1. The summed E-state index contributed by atoms with van der Waals surface area (Å²) >= 11 is 0. The minimum Gasteiger partial charge on any atom is -0.485 e. The van der Waals surface area contributed by atoms with Crippen LogP contribution in [0.25, 0.3) is 0 Å². The van der Waals surface area contributed by atoms with E-state index >= 15 is 0 Å². The summed E-state index contributed by atoms with van der Waals surface area (Å²) in [7, 11) is 1.97. The number of nitrogens with one attached hydrogen (secondary N) is 1. The third-order valence-electron chi connectivity index (χ3n) is 4.91. The number of nitrogens with zero attached hydrogens (tertiary/aromatic N) is 2. The lowest BCUT2D eigenvalue weighted by molar-refractivity contribution is -0.122. The summed E-state index contributed by atoms with van der Waals surface area (Å²) in [6.07, 6.45) is 0.0456. The number of amides is 1. The minimum absolute atomic E-state index is 0.000454. The second-order valence-corrected chi connectivity index (χ2v) is 7.14. The number of hydrogen-bond donors (Lipinski definition) is 1. The smallest absolute Gasteiger partial charge is 0.234 e. The molecule has 2 atom stereocenters. The van der Waals surface area contributed by atoms with Crippen molar-refractivity contribution in [1.82, 2.24) is 10.2 Å². The van der Waals surface area contributed by atoms with Crippen LogP contribution in [0, 0.1) is 0 Å². The van der Waals surface area contributed by atoms with Crippen LogP contribution in [-0.2, 0) is 4.79 Å². The Morgan fingerprint density at radius 1 is 1.22 bits per heavy atom. The summed E-state index contributed by atoms with van der Waals surface area (Å²) in [6.45, 7) is 6.99. The largest absolute Gasteiger partial charge is 0.485 e. The molecule has 3 rings (SSSR count). The van der Waals surface area contributed by atoms with Crippen LogP contribution in [0.5, 0.6) is 5.75 Å². The number of benzene rings is 2. The maximum absolute atomic E-state index is 12.4. The first-order valence-corrected chi connectivity index (χ1v) is 9.60. The number of carbonyl (C=O) groups is 1. The normalized spacial score (nSPS) is 17.2. The van der Waals surface area contributed by atoms with E-state index in [1.54, 1.807) is 0 Å². The molecule has 0 saturated heterocycles. The summed E-state index contributed by atoms with van der Waals surface area (Å²) in [4.78, 5) is 16.7. The molecule has 0 saturated carbocycles. The van der Waals surface area contributed by atoms with Gasteiger partial charge < -0.3 is 15.0 Å². The second kappa shape index (κ2) is 8.91. The highest BCUT2D eigenvalue weighted by molar-refractivity contribution is 5.78. The van der Waals surface area contributed by atoms with Crippen LogP contribution in [0.3, 0.4) is 0 Å². The molecule has 5 heteroatoms. The molecule has 0 fully saturated rings. The van der Waals surface area contributed by atoms with Crippen molar-refractivity contribution in [1.29, 1.82) is 0 Å². The van der Waals surface area contributed by atoms with Gasteiger partial charge in [0.1, 0.15) is 11.9 Å². The van der Waals surface area contributed by atoms with E-state index in [-0.39, 0.29) is 18.1 Å². The minimum atomic E-state index is 0.000454. The molecule has 2 aromatic carbocycles. The summed E-state index contributed by atoms with van der Waals surface area (Å²) in [5.74, 6) is 0.948. The summed E-state index contributed by atoms with van der Waals surface area (Å²) < 4.78 is 6.15. The number of para-hydroxylation sites is 2. The molecular formula is C22H29N3O2. The molecular weight excluding hydrogens is 338 g/mol. The Kier molecular flexibility index (Phi) is 6.35. The van der Waals surface area contributed by atoms with Crippen molar-refractivity contribution >= 4 is 11.6 Å². The monoisotopic (exact) mass is 367 g/mol. The Bertz CT molecular complexity index is 750. The first kappa shape index (κ1) is 19.2. The van der Waals surface area contributed by atoms with Gasteiger partial charge in [0.15, 0.2) is 0 Å². The van der Waals surface area contributed by atoms with E-state index in [0.717, 1.165) is 30.1 Å². The van der Waals surface area contributed by atoms with Crippen molar-refractivity contribution in [3.8, 4) is 5.75 Å². The van der Waals surface area contributed by atoms with Gasteiger partial charge in [-0.25, -0.2) is 0 Å². The molecule has 1 aliphatic rings. The van der Waals surface area contributed by atoms with Crippen molar-refractivity contribution < 1.29 is 9.53 Å². The first-order chi connectivity index (χ1) is 13.1. The zero-order chi connectivity index (χ0) is 19.2. The predicted molar refractivity (Wildman–Crippen MR) is 109 cm³/mol. The van der Waals surface area contributed by atoms with Gasteiger partial charge in [0, 0.05) is 13.1 Å². The Morgan fingerprint density at radius 3 is 2.67 bits per heavy atom. The van der Waals surface area contributed by atoms with E-state index in [1.807, 2.05) is 67.4 Å². The van der Waals surface area contributed by atoms with E-state index in [9.17, 15) is 4.79 Å². The molecule has 1 amide bonds. The predicted octanol–water partition coefficient (Wildman–Crippen LogP) is 3.08. The van der Waals surface area contributed by atoms with Gasteiger partial charge in [-0.05, 0) is 38.6 Å². The van der Waals surface area contributed by atoms with Gasteiger partial charge in [0.05, 0.1) is 24.8 Å². The van der Waals surface area contributed by atoms with Gasteiger partial charge in [-0.3, -0.25) is 9.69 Å². The molecule has 1 aliphatic heterocycles. The first-order valence-electron chi connectivity index (χ1n) is 9.60. The van der Waals surface area contributed by atoms with Crippen LogP contribution in [0.1, 0.15) is 25.5 Å². The molecule has 144 valence electrons. The van der Waals surface area contributed by atoms with Crippen LogP contribution in [0.15, 0.2) is 54.6 Å². The fraction of sp³-hybridized carbons (Fsp3) is 0.409. The van der Waals surface area contributed by atoms with Crippen molar-refractivity contribution in [3.05, 3.63) is 60.2 Å². The average Bonchev–Trinajstić information content (AvgIpc) is 2.67. The quantitative estimate of drug-likeness (QED) is 0.817. The van der Waals surface area contributed by atoms with Crippen molar-refractivity contribution in [2.45, 2.75) is 26.0 Å². The van der Waals surface area contributed by atoms with Gasteiger partial charge in [-0.15, -0.1) is 0 Å². The lowest BCUT2D eigenvalue weighted by Gasteiger charge is -2.37. The maximum Gasteiger partial charge on any atom is 0.234 e. The van der Waals surface area contributed by atoms with Crippen LogP contribution >= 0.6 is 0 Å². The third kappa shape index (κ3) is 5.01. The Hall–Kier alpha value is -2.53. The summed E-state index contributed by atoms with van der Waals surface area (Å²) in [5, 5.41) is 3.07. The standard InChI is InChI=1S/C22H29N3O2/c1-4-25-15-19(27-21-13-9-8-12-20(21)25)14-24(3)16-22(26)23-17(2)18-10-6-5-7-11-18/h5-13,17,19H,4,14-16H2,1-3H3,(H,23,26). The highest BCUT2D eigenvalue weighted by atomic mass is 16.5. The molecule has 1 heterocycles. The Morgan fingerprint density at radius 2 is 1.93 bits per heavy atom. The molecule has 2 unspecified atom stereocenters. The molecule has 0 radical (unpaired) electrons. The van der Waals surface area contributed by atoms with Gasteiger partial charge in [0.25, 0.3) is 0 Å². The van der Waals surface area contributed by atoms with Crippen LogP contribution < -0.4 is 15.0 Å². The number of rotatable bonds is 7. The number of ether oxygens (including phenoxy) is 1. The van der Waals surface area contributed by atoms with Gasteiger partial charge >= 0.3 is 0 Å². The third-order valence-corrected chi connectivity index (χ3v) is 4.91. The van der Waals surface area contributed by atoms with Crippen molar-refractivity contribution in [2.24, 2.45) is 0 Å².